The number of cyclic esters (lactones) is 1. The van der Waals surface area contributed by atoms with Crippen LogP contribution in [0.2, 0.25) is 0 Å². The van der Waals surface area contributed by atoms with Crippen molar-refractivity contribution in [2.45, 2.75) is 234 Å². The second-order valence-corrected chi connectivity index (χ2v) is 22.2. The Kier molecular flexibility index (Phi) is 15.1. The Labute approximate surface area is 402 Å². The van der Waals surface area contributed by atoms with E-state index < -0.39 is 134 Å². The largest absolute Gasteiger partial charge is 0.459 e. The van der Waals surface area contributed by atoms with E-state index in [1.807, 2.05) is 6.92 Å². The Morgan fingerprint density at radius 3 is 1.93 bits per heavy atom. The van der Waals surface area contributed by atoms with E-state index in [1.165, 1.54) is 6.92 Å². The summed E-state index contributed by atoms with van der Waals surface area (Å²) in [5, 5.41) is 88.1. The molecule has 24 unspecified atom stereocenters. The van der Waals surface area contributed by atoms with Gasteiger partial charge in [-0.25, -0.2) is 4.79 Å². The monoisotopic (exact) mass is 984 g/mol. The van der Waals surface area contributed by atoms with Gasteiger partial charge in [0.05, 0.1) is 54.9 Å². The highest BCUT2D eigenvalue weighted by molar-refractivity contribution is 5.85. The fraction of sp³-hybridized carbons (Fsp3) is 0.918. The van der Waals surface area contributed by atoms with E-state index in [0.717, 1.165) is 37.7 Å². The highest BCUT2D eigenvalue weighted by Gasteiger charge is 2.71. The smallest absolute Gasteiger partial charge is 0.331 e. The van der Waals surface area contributed by atoms with Crippen LogP contribution in [0.25, 0.3) is 0 Å². The van der Waals surface area contributed by atoms with Crippen molar-refractivity contribution in [2.24, 2.45) is 34.5 Å². The van der Waals surface area contributed by atoms with E-state index in [4.69, 9.17) is 47.4 Å². The lowest BCUT2D eigenvalue weighted by molar-refractivity contribution is -0.355. The van der Waals surface area contributed by atoms with E-state index >= 15 is 0 Å². The topological polar surface area (TPSA) is 288 Å². The summed E-state index contributed by atoms with van der Waals surface area (Å²) in [6.07, 6.45) is -11.1. The molecule has 0 aromatic carbocycles. The van der Waals surface area contributed by atoms with Crippen molar-refractivity contribution in [3.63, 3.8) is 0 Å². The molecule has 26 atom stereocenters. The second-order valence-electron chi connectivity index (χ2n) is 22.2. The van der Waals surface area contributed by atoms with E-state index in [9.17, 15) is 50.4 Å². The highest BCUT2D eigenvalue weighted by atomic mass is 16.8. The Morgan fingerprint density at radius 1 is 0.710 bits per heavy atom. The molecule has 392 valence electrons. The minimum atomic E-state index is -1.69. The SMILES string of the molecule is CC(=O)OC1CC(OC2C(O)CC(OC3C(O)CC(OC4CC[C@@]5(C)C(CCC6C5CC(O)[C@]5(C)C(C7=CC(=O)OC7)CCC65O)C4)OC3C)OC2C)OC(C)C1OC1OC(CO)C(O)C(O)C1O. The van der Waals surface area contributed by atoms with Crippen molar-refractivity contribution in [1.29, 1.82) is 0 Å². The van der Waals surface area contributed by atoms with Crippen molar-refractivity contribution in [3.05, 3.63) is 11.6 Å². The zero-order chi connectivity index (χ0) is 49.5. The molecule has 69 heavy (non-hydrogen) atoms. The molecular formula is C49H76O20. The van der Waals surface area contributed by atoms with Crippen LogP contribution in [0.5, 0.6) is 0 Å². The average molecular weight is 985 g/mol. The third-order valence-corrected chi connectivity index (χ3v) is 18.4. The molecule has 20 nitrogen and oxygen atoms in total. The van der Waals surface area contributed by atoms with Crippen LogP contribution in [0.4, 0.5) is 0 Å². The molecular weight excluding hydrogens is 909 g/mol. The maximum atomic E-state index is 12.6. The summed E-state index contributed by atoms with van der Waals surface area (Å²) < 4.78 is 60.1. The van der Waals surface area contributed by atoms with Gasteiger partial charge in [-0.15, -0.1) is 0 Å². The maximum Gasteiger partial charge on any atom is 0.331 e. The fourth-order valence-corrected chi connectivity index (χ4v) is 14.6. The number of aliphatic hydroxyl groups is 8. The number of fused-ring (bicyclic) bond motifs is 5. The number of carbonyl (C=O) groups is 2. The summed E-state index contributed by atoms with van der Waals surface area (Å²) in [5.41, 5.74) is -1.01. The first kappa shape index (κ1) is 51.9. The Bertz CT molecular complexity index is 1850. The summed E-state index contributed by atoms with van der Waals surface area (Å²) in [7, 11) is 0. The van der Waals surface area contributed by atoms with Gasteiger partial charge in [0.25, 0.3) is 0 Å². The molecule has 0 aromatic heterocycles. The number of ether oxygens (including phenoxy) is 10. The van der Waals surface area contributed by atoms with Crippen LogP contribution in [-0.2, 0) is 57.0 Å². The van der Waals surface area contributed by atoms with Gasteiger partial charge in [0.15, 0.2) is 25.2 Å². The molecule has 20 heteroatoms. The summed E-state index contributed by atoms with van der Waals surface area (Å²) >= 11 is 0. The van der Waals surface area contributed by atoms with Crippen molar-refractivity contribution in [1.82, 2.24) is 0 Å². The number of hydrogen-bond donors (Lipinski definition) is 8. The van der Waals surface area contributed by atoms with Crippen LogP contribution in [0.3, 0.4) is 0 Å². The van der Waals surface area contributed by atoms with Crippen LogP contribution < -0.4 is 0 Å². The minimum absolute atomic E-state index is 0.00421. The molecule has 8 fully saturated rings. The van der Waals surface area contributed by atoms with Gasteiger partial charge in [-0.2, -0.15) is 0 Å². The quantitative estimate of drug-likeness (QED) is 0.104. The van der Waals surface area contributed by atoms with Gasteiger partial charge in [0, 0.05) is 37.7 Å². The molecule has 4 saturated carbocycles. The van der Waals surface area contributed by atoms with Crippen molar-refractivity contribution < 1.29 is 97.8 Å². The van der Waals surface area contributed by atoms with E-state index in [0.29, 0.717) is 25.2 Å². The molecule has 0 bridgehead atoms. The second kappa shape index (κ2) is 20.0. The first-order chi connectivity index (χ1) is 32.6. The molecule has 5 heterocycles. The number of carbonyl (C=O) groups excluding carboxylic acids is 2. The van der Waals surface area contributed by atoms with Crippen molar-refractivity contribution in [3.8, 4) is 0 Å². The predicted octanol–water partition coefficient (Wildman–Crippen LogP) is 0.613. The number of hydrogen-bond acceptors (Lipinski definition) is 20. The maximum absolute atomic E-state index is 12.6. The highest BCUT2D eigenvalue weighted by Crippen LogP contribution is 2.70. The van der Waals surface area contributed by atoms with Crippen molar-refractivity contribution in [2.75, 3.05) is 13.2 Å². The molecule has 9 aliphatic rings. The Morgan fingerprint density at radius 2 is 1.33 bits per heavy atom. The minimum Gasteiger partial charge on any atom is -0.459 e. The molecule has 9 rings (SSSR count). The average Bonchev–Trinajstić information content (AvgIpc) is 3.84. The number of esters is 2. The van der Waals surface area contributed by atoms with Gasteiger partial charge in [-0.3, -0.25) is 4.79 Å². The lowest BCUT2D eigenvalue weighted by Crippen LogP contribution is -2.67. The Balaban J connectivity index is 0.752. The van der Waals surface area contributed by atoms with E-state index in [2.05, 4.69) is 6.92 Å². The molecule has 4 saturated heterocycles. The normalized spacial score (nSPS) is 53.3. The molecule has 0 radical (unpaired) electrons. The molecule has 0 amide bonds. The summed E-state index contributed by atoms with van der Waals surface area (Å²) in [6, 6.07) is 0. The van der Waals surface area contributed by atoms with E-state index in [1.54, 1.807) is 26.8 Å². The first-order valence-electron chi connectivity index (χ1n) is 25.3. The van der Waals surface area contributed by atoms with Gasteiger partial charge < -0.3 is 88.2 Å². The van der Waals surface area contributed by atoms with E-state index in [-0.39, 0.29) is 61.1 Å². The fourth-order valence-electron chi connectivity index (χ4n) is 14.6. The molecule has 0 aromatic rings. The van der Waals surface area contributed by atoms with Crippen LogP contribution in [0, 0.1) is 34.5 Å². The number of rotatable bonds is 11. The van der Waals surface area contributed by atoms with Crippen LogP contribution in [0.1, 0.15) is 112 Å². The van der Waals surface area contributed by atoms with Crippen LogP contribution >= 0.6 is 0 Å². The van der Waals surface area contributed by atoms with Crippen molar-refractivity contribution >= 4 is 11.9 Å². The third-order valence-electron chi connectivity index (χ3n) is 18.4. The van der Waals surface area contributed by atoms with Crippen LogP contribution in [0.15, 0.2) is 11.6 Å². The van der Waals surface area contributed by atoms with Gasteiger partial charge in [0.2, 0.25) is 0 Å². The van der Waals surface area contributed by atoms with Gasteiger partial charge >= 0.3 is 11.9 Å². The van der Waals surface area contributed by atoms with Gasteiger partial charge in [-0.1, -0.05) is 13.8 Å². The lowest BCUT2D eigenvalue weighted by Gasteiger charge is -2.65. The third kappa shape index (κ3) is 9.48. The predicted molar refractivity (Wildman–Crippen MR) is 235 cm³/mol. The number of aliphatic hydroxyl groups excluding tert-OH is 7. The summed E-state index contributed by atoms with van der Waals surface area (Å²) in [5.74, 6) is -0.580. The summed E-state index contributed by atoms with van der Waals surface area (Å²) in [6.45, 7) is 10.3. The molecule has 0 spiro atoms. The molecule has 5 aliphatic heterocycles. The standard InChI is InChI=1S/C49H76O20/c1-21-43(67-38-17-32(53)44(22(2)62-38)68-39-18-33(64-24(4)51)45(23(3)63-39)69-46-42(58)41(57)40(56)34(19-50)66-46)31(52)16-37(61-21)65-27-9-11-47(5)26(14-27)7-8-29-30(47)15-35(54)48(6)28(10-12-49(29,48)59)25-13-36(55)60-20-25/h13,21-23,26-35,37-46,50,52-54,56-59H,7-12,14-20H2,1-6H3/t21?,22?,23?,26?,27?,28?,29?,30?,31?,32?,33?,34?,35?,37?,38?,39?,40?,41?,42?,43?,44?,45?,46?,47-,48-,49?/m0/s1. The van der Waals surface area contributed by atoms with Gasteiger partial charge in [-0.05, 0) is 107 Å². The zero-order valence-corrected chi connectivity index (χ0v) is 40.5. The first-order valence-corrected chi connectivity index (χ1v) is 25.3. The lowest BCUT2D eigenvalue weighted by atomic mass is 9.42. The molecule has 8 N–H and O–H groups in total. The summed E-state index contributed by atoms with van der Waals surface area (Å²) in [4.78, 5) is 24.2. The Hall–Kier alpha value is -1.96. The molecule has 4 aliphatic carbocycles. The van der Waals surface area contributed by atoms with Crippen LogP contribution in [-0.4, -0.2) is 188 Å². The van der Waals surface area contributed by atoms with Gasteiger partial charge in [0.1, 0.15) is 55.4 Å². The zero-order valence-electron chi connectivity index (χ0n) is 40.5.